The number of methoxy groups -OCH3 is 1. The van der Waals surface area contributed by atoms with Crippen LogP contribution in [0.15, 0.2) is 12.1 Å². The fraction of sp³-hybridized carbons (Fsp3) is 0.385. The summed E-state index contributed by atoms with van der Waals surface area (Å²) >= 11 is 4.77. The average molecular weight is 251 g/mol. The van der Waals surface area contributed by atoms with Gasteiger partial charge in [-0.05, 0) is 37.1 Å². The summed E-state index contributed by atoms with van der Waals surface area (Å²) in [6.07, 6.45) is 0.762. The first-order valence-corrected chi connectivity index (χ1v) is 5.83. The van der Waals surface area contributed by atoms with Gasteiger partial charge in [0.05, 0.1) is 17.7 Å². The summed E-state index contributed by atoms with van der Waals surface area (Å²) in [5.41, 5.74) is 8.17. The van der Waals surface area contributed by atoms with Gasteiger partial charge in [-0.2, -0.15) is 0 Å². The largest absolute Gasteiger partial charge is 0.496 e. The van der Waals surface area contributed by atoms with Crippen LogP contribution in [0.5, 0.6) is 5.75 Å². The number of ketones is 1. The zero-order chi connectivity index (χ0) is 13.0. The molecule has 2 N–H and O–H groups in total. The molecule has 17 heavy (non-hydrogen) atoms. The summed E-state index contributed by atoms with van der Waals surface area (Å²) in [5.74, 6) is 0.624. The molecule has 4 heteroatoms. The number of Topliss-reactive ketones (excluding diaryl/α,β-unsaturated/α-hetero) is 1. The minimum absolute atomic E-state index is 0.0118. The molecule has 0 aromatic heterocycles. The molecule has 0 heterocycles. The normalized spacial score (nSPS) is 10.1. The Morgan fingerprint density at radius 3 is 2.41 bits per heavy atom. The number of benzene rings is 1. The number of rotatable bonds is 5. The molecule has 0 aliphatic heterocycles. The molecule has 1 rings (SSSR count). The third-order valence-corrected chi connectivity index (χ3v) is 2.92. The quantitative estimate of drug-likeness (QED) is 0.645. The van der Waals surface area contributed by atoms with Crippen molar-refractivity contribution in [2.45, 2.75) is 26.7 Å². The van der Waals surface area contributed by atoms with Gasteiger partial charge in [-0.25, -0.2) is 0 Å². The molecule has 0 fully saturated rings. The van der Waals surface area contributed by atoms with Gasteiger partial charge in [-0.3, -0.25) is 4.79 Å². The standard InChI is InChI=1S/C13H17NO2S/c1-8-6-10(11(15)4-5-13(14)17)12(16-3)7-9(8)2/h6-7H,4-5H2,1-3H3,(H2,14,17). The van der Waals surface area contributed by atoms with E-state index in [1.165, 1.54) is 0 Å². The summed E-state index contributed by atoms with van der Waals surface area (Å²) in [6, 6.07) is 3.74. The van der Waals surface area contributed by atoms with Crippen molar-refractivity contribution in [3.05, 3.63) is 28.8 Å². The Morgan fingerprint density at radius 2 is 1.88 bits per heavy atom. The monoisotopic (exact) mass is 251 g/mol. The maximum atomic E-state index is 12.0. The molecule has 0 radical (unpaired) electrons. The van der Waals surface area contributed by atoms with E-state index in [0.717, 1.165) is 11.1 Å². The lowest BCUT2D eigenvalue weighted by atomic mass is 10.00. The van der Waals surface area contributed by atoms with E-state index >= 15 is 0 Å². The van der Waals surface area contributed by atoms with E-state index in [1.54, 1.807) is 7.11 Å². The second-order valence-corrected chi connectivity index (χ2v) is 4.55. The van der Waals surface area contributed by atoms with Gasteiger partial charge >= 0.3 is 0 Å². The van der Waals surface area contributed by atoms with E-state index in [0.29, 0.717) is 29.1 Å². The van der Waals surface area contributed by atoms with Gasteiger partial charge in [0.25, 0.3) is 0 Å². The Labute approximate surface area is 107 Å². The number of thiocarbonyl (C=S) groups is 1. The number of hydrogen-bond donors (Lipinski definition) is 1. The van der Waals surface area contributed by atoms with Crippen LogP contribution in [-0.2, 0) is 0 Å². The highest BCUT2D eigenvalue weighted by Crippen LogP contribution is 2.24. The van der Waals surface area contributed by atoms with E-state index in [9.17, 15) is 4.79 Å². The zero-order valence-electron chi connectivity index (χ0n) is 10.4. The predicted octanol–water partition coefficient (Wildman–Crippen LogP) is 2.56. The van der Waals surface area contributed by atoms with Crippen molar-refractivity contribution in [2.75, 3.05) is 7.11 Å². The summed E-state index contributed by atoms with van der Waals surface area (Å²) in [4.78, 5) is 12.4. The van der Waals surface area contributed by atoms with Crippen molar-refractivity contribution in [1.82, 2.24) is 0 Å². The highest BCUT2D eigenvalue weighted by Gasteiger charge is 2.13. The van der Waals surface area contributed by atoms with Crippen LogP contribution in [0.1, 0.15) is 34.3 Å². The molecular formula is C13H17NO2S. The number of carbonyl (C=O) groups is 1. The van der Waals surface area contributed by atoms with E-state index in [-0.39, 0.29) is 5.78 Å². The van der Waals surface area contributed by atoms with Crippen LogP contribution >= 0.6 is 12.2 Å². The third kappa shape index (κ3) is 3.53. The average Bonchev–Trinajstić information content (AvgIpc) is 2.28. The highest BCUT2D eigenvalue weighted by molar-refractivity contribution is 7.80. The number of ether oxygens (including phenoxy) is 1. The van der Waals surface area contributed by atoms with Crippen LogP contribution in [0.4, 0.5) is 0 Å². The summed E-state index contributed by atoms with van der Waals surface area (Å²) in [5, 5.41) is 0. The third-order valence-electron chi connectivity index (χ3n) is 2.71. The van der Waals surface area contributed by atoms with Gasteiger partial charge in [0.2, 0.25) is 0 Å². The summed E-state index contributed by atoms with van der Waals surface area (Å²) < 4.78 is 5.22. The van der Waals surface area contributed by atoms with Crippen LogP contribution in [0, 0.1) is 13.8 Å². The molecule has 3 nitrogen and oxygen atoms in total. The molecule has 0 atom stereocenters. The van der Waals surface area contributed by atoms with E-state index in [1.807, 2.05) is 26.0 Å². The number of aryl methyl sites for hydroxylation is 2. The minimum atomic E-state index is 0.0118. The van der Waals surface area contributed by atoms with E-state index in [2.05, 4.69) is 0 Å². The molecule has 0 spiro atoms. The topological polar surface area (TPSA) is 52.3 Å². The summed E-state index contributed by atoms with van der Waals surface area (Å²) in [7, 11) is 1.56. The SMILES string of the molecule is COc1cc(C)c(C)cc1C(=O)CCC(N)=S. The Hall–Kier alpha value is -1.42. The van der Waals surface area contributed by atoms with Gasteiger partial charge in [0.1, 0.15) is 5.75 Å². The highest BCUT2D eigenvalue weighted by atomic mass is 32.1. The lowest BCUT2D eigenvalue weighted by Crippen LogP contribution is -2.11. The van der Waals surface area contributed by atoms with Crippen LogP contribution in [0.3, 0.4) is 0 Å². The number of carbonyl (C=O) groups excluding carboxylic acids is 1. The molecule has 0 aliphatic rings. The van der Waals surface area contributed by atoms with Crippen molar-refractivity contribution in [3.8, 4) is 5.75 Å². The van der Waals surface area contributed by atoms with Gasteiger partial charge in [-0.1, -0.05) is 12.2 Å². The van der Waals surface area contributed by atoms with Crippen LogP contribution in [0.2, 0.25) is 0 Å². The lowest BCUT2D eigenvalue weighted by molar-refractivity contribution is 0.0982. The van der Waals surface area contributed by atoms with Gasteiger partial charge in [-0.15, -0.1) is 0 Å². The molecule has 0 unspecified atom stereocenters. The number of hydrogen-bond acceptors (Lipinski definition) is 3. The second kappa shape index (κ2) is 5.77. The Balaban J connectivity index is 2.99. The molecular weight excluding hydrogens is 234 g/mol. The first kappa shape index (κ1) is 13.6. The van der Waals surface area contributed by atoms with Gasteiger partial charge in [0.15, 0.2) is 5.78 Å². The van der Waals surface area contributed by atoms with Crippen LogP contribution in [-0.4, -0.2) is 17.9 Å². The first-order chi connectivity index (χ1) is 7.95. The Morgan fingerprint density at radius 1 is 1.29 bits per heavy atom. The molecule has 0 bridgehead atoms. The molecule has 0 saturated heterocycles. The maximum absolute atomic E-state index is 12.0. The fourth-order valence-corrected chi connectivity index (χ4v) is 1.65. The summed E-state index contributed by atoms with van der Waals surface area (Å²) in [6.45, 7) is 3.96. The van der Waals surface area contributed by atoms with Gasteiger partial charge < -0.3 is 10.5 Å². The second-order valence-electron chi connectivity index (χ2n) is 4.03. The van der Waals surface area contributed by atoms with Crippen molar-refractivity contribution in [1.29, 1.82) is 0 Å². The van der Waals surface area contributed by atoms with E-state index < -0.39 is 0 Å². The maximum Gasteiger partial charge on any atom is 0.167 e. The predicted molar refractivity (Wildman–Crippen MR) is 72.8 cm³/mol. The Kier molecular flexibility index (Phi) is 4.63. The van der Waals surface area contributed by atoms with Crippen molar-refractivity contribution in [3.63, 3.8) is 0 Å². The molecule has 0 saturated carbocycles. The molecule has 0 aliphatic carbocycles. The van der Waals surface area contributed by atoms with Crippen molar-refractivity contribution in [2.24, 2.45) is 5.73 Å². The molecule has 1 aromatic carbocycles. The molecule has 0 amide bonds. The minimum Gasteiger partial charge on any atom is -0.496 e. The van der Waals surface area contributed by atoms with E-state index in [4.69, 9.17) is 22.7 Å². The smallest absolute Gasteiger partial charge is 0.167 e. The van der Waals surface area contributed by atoms with Crippen molar-refractivity contribution >= 4 is 23.0 Å². The lowest BCUT2D eigenvalue weighted by Gasteiger charge is -2.10. The van der Waals surface area contributed by atoms with Crippen molar-refractivity contribution < 1.29 is 9.53 Å². The number of nitrogens with two attached hydrogens (primary N) is 1. The molecule has 92 valence electrons. The fourth-order valence-electron chi connectivity index (χ4n) is 1.55. The zero-order valence-corrected chi connectivity index (χ0v) is 11.2. The Bertz CT molecular complexity index is 455. The van der Waals surface area contributed by atoms with Crippen LogP contribution in [0.25, 0.3) is 0 Å². The first-order valence-electron chi connectivity index (χ1n) is 5.42. The molecule has 1 aromatic rings. The van der Waals surface area contributed by atoms with Gasteiger partial charge in [0, 0.05) is 12.8 Å². The van der Waals surface area contributed by atoms with Crippen LogP contribution < -0.4 is 10.5 Å².